The summed E-state index contributed by atoms with van der Waals surface area (Å²) in [5, 5.41) is 16.2. The minimum Gasteiger partial charge on any atom is -0.487 e. The SMILES string of the molecule is c1cc(Cn2ccc3cccc(OCc4nn[nH]n4)c32)cc(OCc2ccc3ccccc3n2)c1. The molecule has 0 atom stereocenters. The first-order valence-corrected chi connectivity index (χ1v) is 11.3. The lowest BCUT2D eigenvalue weighted by molar-refractivity contribution is 0.298. The predicted octanol–water partition coefficient (Wildman–Crippen LogP) is 4.91. The van der Waals surface area contributed by atoms with Gasteiger partial charge < -0.3 is 14.0 Å². The quantitative estimate of drug-likeness (QED) is 0.346. The third-order valence-electron chi connectivity index (χ3n) is 5.79. The van der Waals surface area contributed by atoms with E-state index in [1.165, 1.54) is 0 Å². The molecular formula is C27H22N6O2. The lowest BCUT2D eigenvalue weighted by Crippen LogP contribution is -2.03. The van der Waals surface area contributed by atoms with Gasteiger partial charge in [0.15, 0.2) is 6.61 Å². The molecule has 3 heterocycles. The Bertz CT molecular complexity index is 1590. The molecule has 172 valence electrons. The molecule has 0 spiro atoms. The van der Waals surface area contributed by atoms with Gasteiger partial charge in [0.1, 0.15) is 18.1 Å². The van der Waals surface area contributed by atoms with Crippen molar-refractivity contribution in [2.45, 2.75) is 19.8 Å². The maximum absolute atomic E-state index is 6.07. The van der Waals surface area contributed by atoms with Crippen LogP contribution in [0.3, 0.4) is 0 Å². The fourth-order valence-electron chi connectivity index (χ4n) is 4.14. The zero-order valence-electron chi connectivity index (χ0n) is 18.8. The highest BCUT2D eigenvalue weighted by Gasteiger charge is 2.10. The van der Waals surface area contributed by atoms with Crippen LogP contribution in [0, 0.1) is 0 Å². The maximum Gasteiger partial charge on any atom is 0.211 e. The first-order valence-electron chi connectivity index (χ1n) is 11.3. The molecule has 8 heteroatoms. The van der Waals surface area contributed by atoms with Crippen LogP contribution < -0.4 is 9.47 Å². The third-order valence-corrected chi connectivity index (χ3v) is 5.79. The minimum atomic E-state index is 0.243. The smallest absolute Gasteiger partial charge is 0.211 e. The summed E-state index contributed by atoms with van der Waals surface area (Å²) in [4.78, 5) is 4.70. The number of rotatable bonds is 8. The Morgan fingerprint density at radius 2 is 1.71 bits per heavy atom. The zero-order valence-corrected chi connectivity index (χ0v) is 18.8. The number of para-hydroxylation sites is 2. The van der Waals surface area contributed by atoms with Gasteiger partial charge in [-0.2, -0.15) is 5.21 Å². The fourth-order valence-corrected chi connectivity index (χ4v) is 4.14. The van der Waals surface area contributed by atoms with E-state index in [0.717, 1.165) is 44.6 Å². The Hall–Kier alpha value is -4.72. The summed E-state index contributed by atoms with van der Waals surface area (Å²) in [6.07, 6.45) is 2.07. The number of H-pyrrole nitrogens is 1. The average molecular weight is 463 g/mol. The molecule has 0 amide bonds. The third kappa shape index (κ3) is 4.54. The second kappa shape index (κ2) is 9.26. The molecule has 3 aromatic heterocycles. The summed E-state index contributed by atoms with van der Waals surface area (Å²) in [6, 6.07) is 28.4. The van der Waals surface area contributed by atoms with Crippen LogP contribution in [0.25, 0.3) is 21.8 Å². The van der Waals surface area contributed by atoms with Crippen LogP contribution in [0.15, 0.2) is 91.1 Å². The van der Waals surface area contributed by atoms with E-state index in [9.17, 15) is 0 Å². The van der Waals surface area contributed by atoms with Gasteiger partial charge in [0.05, 0.1) is 16.7 Å². The first kappa shape index (κ1) is 20.9. The Morgan fingerprint density at radius 3 is 2.66 bits per heavy atom. The number of nitrogens with zero attached hydrogens (tertiary/aromatic N) is 5. The zero-order chi connectivity index (χ0) is 23.5. The number of nitrogens with one attached hydrogen (secondary N) is 1. The van der Waals surface area contributed by atoms with Crippen LogP contribution in [-0.2, 0) is 19.8 Å². The van der Waals surface area contributed by atoms with E-state index in [4.69, 9.17) is 14.5 Å². The van der Waals surface area contributed by atoms with E-state index in [1.54, 1.807) is 0 Å². The average Bonchev–Trinajstić information content (AvgIpc) is 3.57. The van der Waals surface area contributed by atoms with Crippen molar-refractivity contribution < 1.29 is 9.47 Å². The molecule has 0 aliphatic heterocycles. The Kier molecular flexibility index (Phi) is 5.52. The van der Waals surface area contributed by atoms with E-state index in [1.807, 2.05) is 48.5 Å². The molecule has 0 bridgehead atoms. The van der Waals surface area contributed by atoms with Crippen molar-refractivity contribution in [2.75, 3.05) is 0 Å². The molecule has 3 aromatic carbocycles. The van der Waals surface area contributed by atoms with Crippen LogP contribution in [0.5, 0.6) is 11.5 Å². The standard InChI is InChI=1S/C27H22N6O2/c1-2-9-24-20(6-1)11-12-22(28-24)17-34-23-8-3-5-19(15-23)16-33-14-13-21-7-4-10-25(27(21)33)35-18-26-29-31-32-30-26/h1-15H,16-18H2,(H,29,30,31,32). The Balaban J connectivity index is 1.19. The van der Waals surface area contributed by atoms with Crippen LogP contribution in [0.1, 0.15) is 17.1 Å². The number of hydrogen-bond donors (Lipinski definition) is 1. The molecule has 35 heavy (non-hydrogen) atoms. The van der Waals surface area contributed by atoms with Gasteiger partial charge in [-0.25, -0.2) is 4.98 Å². The van der Waals surface area contributed by atoms with E-state index in [0.29, 0.717) is 19.0 Å². The molecule has 0 radical (unpaired) electrons. The fraction of sp³-hybridized carbons (Fsp3) is 0.111. The lowest BCUT2D eigenvalue weighted by atomic mass is 10.2. The summed E-state index contributed by atoms with van der Waals surface area (Å²) < 4.78 is 14.2. The van der Waals surface area contributed by atoms with Gasteiger partial charge in [0.2, 0.25) is 5.82 Å². The van der Waals surface area contributed by atoms with Gasteiger partial charge in [-0.1, -0.05) is 53.7 Å². The van der Waals surface area contributed by atoms with E-state index < -0.39 is 0 Å². The van der Waals surface area contributed by atoms with Crippen LogP contribution in [-0.4, -0.2) is 30.2 Å². The lowest BCUT2D eigenvalue weighted by Gasteiger charge is -2.12. The molecule has 0 aliphatic rings. The summed E-state index contributed by atoms with van der Waals surface area (Å²) in [7, 11) is 0. The van der Waals surface area contributed by atoms with Crippen molar-refractivity contribution >= 4 is 21.8 Å². The van der Waals surface area contributed by atoms with Crippen molar-refractivity contribution in [2.24, 2.45) is 0 Å². The highest BCUT2D eigenvalue weighted by Crippen LogP contribution is 2.28. The topological polar surface area (TPSA) is 90.7 Å². The van der Waals surface area contributed by atoms with Crippen LogP contribution in [0.4, 0.5) is 0 Å². The summed E-state index contributed by atoms with van der Waals surface area (Å²) in [5.74, 6) is 2.08. The van der Waals surface area contributed by atoms with Gasteiger partial charge in [-0.05, 0) is 42.0 Å². The Labute approximate surface area is 201 Å². The van der Waals surface area contributed by atoms with Gasteiger partial charge >= 0.3 is 0 Å². The van der Waals surface area contributed by atoms with Crippen molar-refractivity contribution in [3.05, 3.63) is 108 Å². The van der Waals surface area contributed by atoms with Crippen molar-refractivity contribution in [3.63, 3.8) is 0 Å². The second-order valence-electron chi connectivity index (χ2n) is 8.19. The number of aromatic nitrogens is 6. The predicted molar refractivity (Wildman–Crippen MR) is 132 cm³/mol. The van der Waals surface area contributed by atoms with Gasteiger partial charge in [-0.3, -0.25) is 0 Å². The number of benzene rings is 3. The maximum atomic E-state index is 6.07. The molecule has 0 unspecified atom stereocenters. The highest BCUT2D eigenvalue weighted by atomic mass is 16.5. The van der Waals surface area contributed by atoms with Gasteiger partial charge in [0.25, 0.3) is 0 Å². The molecule has 0 saturated heterocycles. The Morgan fingerprint density at radius 1 is 0.800 bits per heavy atom. The minimum absolute atomic E-state index is 0.243. The number of aromatic amines is 1. The summed E-state index contributed by atoms with van der Waals surface area (Å²) in [5.41, 5.74) is 4.01. The number of pyridine rings is 1. The van der Waals surface area contributed by atoms with Crippen molar-refractivity contribution in [1.29, 1.82) is 0 Å². The van der Waals surface area contributed by atoms with Gasteiger partial charge in [0, 0.05) is 23.5 Å². The molecular weight excluding hydrogens is 440 g/mol. The number of ether oxygens (including phenoxy) is 2. The molecule has 0 saturated carbocycles. The highest BCUT2D eigenvalue weighted by molar-refractivity contribution is 5.86. The van der Waals surface area contributed by atoms with Crippen molar-refractivity contribution in [3.8, 4) is 11.5 Å². The van der Waals surface area contributed by atoms with E-state index in [-0.39, 0.29) is 6.61 Å². The largest absolute Gasteiger partial charge is 0.487 e. The number of fused-ring (bicyclic) bond motifs is 2. The molecule has 6 rings (SSSR count). The molecule has 8 nitrogen and oxygen atoms in total. The molecule has 1 N–H and O–H groups in total. The van der Waals surface area contributed by atoms with E-state index >= 15 is 0 Å². The molecule has 0 aliphatic carbocycles. The summed E-state index contributed by atoms with van der Waals surface area (Å²) in [6.45, 7) is 1.33. The second-order valence-corrected chi connectivity index (χ2v) is 8.19. The van der Waals surface area contributed by atoms with Crippen LogP contribution >= 0.6 is 0 Å². The first-order chi connectivity index (χ1) is 17.3. The molecule has 6 aromatic rings. The monoisotopic (exact) mass is 462 g/mol. The number of hydrogen-bond acceptors (Lipinski definition) is 6. The van der Waals surface area contributed by atoms with Gasteiger partial charge in [-0.15, -0.1) is 10.2 Å². The van der Waals surface area contributed by atoms with Crippen LogP contribution in [0.2, 0.25) is 0 Å². The van der Waals surface area contributed by atoms with E-state index in [2.05, 4.69) is 67.8 Å². The normalized spacial score (nSPS) is 11.2. The molecule has 0 fully saturated rings. The van der Waals surface area contributed by atoms with Crippen molar-refractivity contribution in [1.82, 2.24) is 30.2 Å². The number of tetrazole rings is 1. The summed E-state index contributed by atoms with van der Waals surface area (Å²) >= 11 is 0.